The number of sulfone groups is 1. The first kappa shape index (κ1) is 23.6. The van der Waals surface area contributed by atoms with Crippen LogP contribution in [0.1, 0.15) is 22.8 Å². The van der Waals surface area contributed by atoms with Gasteiger partial charge in [-0.15, -0.1) is 0 Å². The molecule has 0 bridgehead atoms. The Balaban J connectivity index is 1.19. The van der Waals surface area contributed by atoms with Gasteiger partial charge < -0.3 is 20.3 Å². The molecule has 0 aliphatic carbocycles. The van der Waals surface area contributed by atoms with Crippen molar-refractivity contribution in [2.24, 2.45) is 5.41 Å². The molecule has 3 N–H and O–H groups in total. The molecule has 2 saturated heterocycles. The van der Waals surface area contributed by atoms with Crippen LogP contribution in [0.5, 0.6) is 5.75 Å². The van der Waals surface area contributed by atoms with Gasteiger partial charge in [0.05, 0.1) is 37.9 Å². The summed E-state index contributed by atoms with van der Waals surface area (Å²) in [7, 11) is -1.17. The summed E-state index contributed by atoms with van der Waals surface area (Å²) in [6.45, 7) is 4.85. The molecular weight excluding hydrogens is 498 g/mol. The van der Waals surface area contributed by atoms with E-state index in [4.69, 9.17) is 15.0 Å². The maximum atomic E-state index is 11.6. The van der Waals surface area contributed by atoms with Crippen molar-refractivity contribution in [2.75, 3.05) is 42.8 Å². The first-order chi connectivity index (χ1) is 17.7. The molecule has 1 aromatic carbocycles. The van der Waals surface area contributed by atoms with Crippen molar-refractivity contribution in [1.29, 1.82) is 0 Å². The summed E-state index contributed by atoms with van der Waals surface area (Å²) in [6.07, 6.45) is 1.65. The zero-order chi connectivity index (χ0) is 25.8. The second-order valence-corrected chi connectivity index (χ2v) is 11.9. The minimum absolute atomic E-state index is 0.0240. The molecule has 6 rings (SSSR count). The number of benzene rings is 1. The van der Waals surface area contributed by atoms with E-state index in [1.807, 2.05) is 12.1 Å². The molecule has 2 aliphatic rings. The van der Waals surface area contributed by atoms with Crippen LogP contribution < -0.4 is 15.8 Å². The monoisotopic (exact) mass is 525 g/mol. The predicted molar refractivity (Wildman–Crippen MR) is 135 cm³/mol. The second kappa shape index (κ2) is 8.66. The number of nitrogens with zero attached hydrogens (tertiary/aromatic N) is 7. The smallest absolute Gasteiger partial charge is 0.223 e. The number of anilines is 2. The maximum Gasteiger partial charge on any atom is 0.223 e. The minimum Gasteiger partial charge on any atom is -0.496 e. The van der Waals surface area contributed by atoms with Crippen LogP contribution >= 0.6 is 0 Å². The molecule has 3 aromatic heterocycles. The van der Waals surface area contributed by atoms with Crippen LogP contribution in [0.15, 0.2) is 28.9 Å². The number of nitrogens with one attached hydrogen (secondary N) is 1. The standard InChI is InChI=1S/C23H27N9O4S/c1-14-27-19(30-36-14)7-25-21-20-17(28-22(24)29-21)6-26-32(20)9-16-4-3-15(5-18(16)35-2)8-31-10-23(11-31)12-37(33,34)13-23/h3-6H,7-13H2,1-2H3,(H3,24,25,28,29). The third-order valence-corrected chi connectivity index (χ3v) is 8.84. The summed E-state index contributed by atoms with van der Waals surface area (Å²) in [4.78, 5) is 15.2. The van der Waals surface area contributed by atoms with Crippen molar-refractivity contribution in [3.8, 4) is 5.75 Å². The summed E-state index contributed by atoms with van der Waals surface area (Å²) in [5.74, 6) is 3.01. The van der Waals surface area contributed by atoms with E-state index in [1.54, 1.807) is 24.9 Å². The van der Waals surface area contributed by atoms with Gasteiger partial charge in [-0.25, -0.2) is 13.4 Å². The Morgan fingerprint density at radius 3 is 2.70 bits per heavy atom. The number of likely N-dealkylation sites (tertiary alicyclic amines) is 1. The number of nitrogen functional groups attached to an aromatic ring is 1. The Morgan fingerprint density at radius 2 is 2.00 bits per heavy atom. The Hall–Kier alpha value is -3.78. The Kier molecular flexibility index (Phi) is 5.53. The summed E-state index contributed by atoms with van der Waals surface area (Å²) in [5, 5.41) is 11.6. The van der Waals surface area contributed by atoms with Crippen LogP contribution in [-0.4, -0.2) is 74.9 Å². The van der Waals surface area contributed by atoms with Gasteiger partial charge in [0.2, 0.25) is 11.8 Å². The molecule has 14 heteroatoms. The molecule has 37 heavy (non-hydrogen) atoms. The molecule has 0 unspecified atom stereocenters. The van der Waals surface area contributed by atoms with Gasteiger partial charge in [0.25, 0.3) is 0 Å². The number of hydrogen-bond donors (Lipinski definition) is 2. The lowest BCUT2D eigenvalue weighted by Crippen LogP contribution is -2.67. The van der Waals surface area contributed by atoms with E-state index >= 15 is 0 Å². The fourth-order valence-electron chi connectivity index (χ4n) is 5.36. The molecule has 5 heterocycles. The molecule has 0 saturated carbocycles. The number of fused-ring (bicyclic) bond motifs is 1. The Bertz CT molecular complexity index is 1580. The van der Waals surface area contributed by atoms with Gasteiger partial charge in [-0.05, 0) is 11.6 Å². The largest absolute Gasteiger partial charge is 0.496 e. The average Bonchev–Trinajstić information content (AvgIpc) is 3.41. The lowest BCUT2D eigenvalue weighted by atomic mass is 9.82. The van der Waals surface area contributed by atoms with E-state index in [1.165, 1.54) is 0 Å². The number of methoxy groups -OCH3 is 1. The number of aromatic nitrogens is 6. The fraction of sp³-hybridized carbons (Fsp3) is 0.435. The highest BCUT2D eigenvalue weighted by molar-refractivity contribution is 7.92. The number of nitrogens with two attached hydrogens (primary N) is 1. The highest BCUT2D eigenvalue weighted by Crippen LogP contribution is 2.42. The van der Waals surface area contributed by atoms with E-state index in [2.05, 4.69) is 41.5 Å². The molecule has 1 spiro atoms. The van der Waals surface area contributed by atoms with Gasteiger partial charge in [0, 0.05) is 37.5 Å². The van der Waals surface area contributed by atoms with E-state index in [-0.39, 0.29) is 11.4 Å². The topological polar surface area (TPSA) is 167 Å². The molecule has 2 fully saturated rings. The van der Waals surface area contributed by atoms with Crippen LogP contribution in [0, 0.1) is 12.3 Å². The molecule has 4 aromatic rings. The van der Waals surface area contributed by atoms with Crippen LogP contribution in [-0.2, 0) is 29.5 Å². The van der Waals surface area contributed by atoms with E-state index < -0.39 is 9.84 Å². The van der Waals surface area contributed by atoms with Crippen molar-refractivity contribution in [1.82, 2.24) is 34.8 Å². The SMILES string of the molecule is COc1cc(CN2CC3(C2)CS(=O)(=O)C3)ccc1Cn1ncc2nc(N)nc(NCc3noc(C)n3)c21. The molecule has 2 aliphatic heterocycles. The van der Waals surface area contributed by atoms with Crippen molar-refractivity contribution < 1.29 is 17.7 Å². The van der Waals surface area contributed by atoms with Gasteiger partial charge in [0.1, 0.15) is 16.8 Å². The zero-order valence-electron chi connectivity index (χ0n) is 20.5. The van der Waals surface area contributed by atoms with Crippen LogP contribution in [0.25, 0.3) is 11.0 Å². The molecular formula is C23H27N9O4S. The van der Waals surface area contributed by atoms with Crippen molar-refractivity contribution in [3.05, 3.63) is 47.2 Å². The first-order valence-corrected chi connectivity index (χ1v) is 13.6. The van der Waals surface area contributed by atoms with Gasteiger partial charge in [0.15, 0.2) is 21.5 Å². The summed E-state index contributed by atoms with van der Waals surface area (Å²) >= 11 is 0. The second-order valence-electron chi connectivity index (χ2n) is 9.87. The number of aryl methyl sites for hydroxylation is 1. The highest BCUT2D eigenvalue weighted by Gasteiger charge is 2.55. The van der Waals surface area contributed by atoms with E-state index in [9.17, 15) is 8.42 Å². The molecule has 13 nitrogen and oxygen atoms in total. The summed E-state index contributed by atoms with van der Waals surface area (Å²) in [5.41, 5.74) is 9.25. The normalized spacial score (nSPS) is 18.0. The van der Waals surface area contributed by atoms with Gasteiger partial charge in [-0.2, -0.15) is 15.1 Å². The van der Waals surface area contributed by atoms with Crippen molar-refractivity contribution in [2.45, 2.75) is 26.6 Å². The van der Waals surface area contributed by atoms with Crippen molar-refractivity contribution >= 4 is 32.6 Å². The number of hydrogen-bond acceptors (Lipinski definition) is 12. The Labute approximate surface area is 212 Å². The third-order valence-electron chi connectivity index (χ3n) is 6.74. The molecule has 0 amide bonds. The van der Waals surface area contributed by atoms with E-state index in [0.29, 0.717) is 53.2 Å². The Morgan fingerprint density at radius 1 is 1.19 bits per heavy atom. The summed E-state index contributed by atoms with van der Waals surface area (Å²) < 4.78 is 35.7. The predicted octanol–water partition coefficient (Wildman–Crippen LogP) is 0.999. The van der Waals surface area contributed by atoms with Crippen LogP contribution in [0.2, 0.25) is 0 Å². The molecule has 0 atom stereocenters. The fourth-order valence-corrected chi connectivity index (χ4v) is 7.51. The molecule has 194 valence electrons. The molecule has 0 radical (unpaired) electrons. The third kappa shape index (κ3) is 4.57. The summed E-state index contributed by atoms with van der Waals surface area (Å²) in [6, 6.07) is 6.12. The maximum absolute atomic E-state index is 11.6. The number of ether oxygens (including phenoxy) is 1. The van der Waals surface area contributed by atoms with Crippen LogP contribution in [0.4, 0.5) is 11.8 Å². The van der Waals surface area contributed by atoms with Gasteiger partial charge in [-0.3, -0.25) is 9.58 Å². The number of rotatable bonds is 8. The van der Waals surface area contributed by atoms with Gasteiger partial charge >= 0.3 is 0 Å². The average molecular weight is 526 g/mol. The first-order valence-electron chi connectivity index (χ1n) is 11.8. The quantitative estimate of drug-likeness (QED) is 0.335. The van der Waals surface area contributed by atoms with Crippen LogP contribution in [0.3, 0.4) is 0 Å². The zero-order valence-corrected chi connectivity index (χ0v) is 21.3. The minimum atomic E-state index is -2.81. The highest BCUT2D eigenvalue weighted by atomic mass is 32.2. The lowest BCUT2D eigenvalue weighted by molar-refractivity contribution is 0.0180. The van der Waals surface area contributed by atoms with Crippen molar-refractivity contribution in [3.63, 3.8) is 0 Å². The van der Waals surface area contributed by atoms with Gasteiger partial charge in [-0.1, -0.05) is 17.3 Å². The lowest BCUT2D eigenvalue weighted by Gasteiger charge is -2.55. The van der Waals surface area contributed by atoms with E-state index in [0.717, 1.165) is 36.5 Å².